The summed E-state index contributed by atoms with van der Waals surface area (Å²) >= 11 is 0. The van der Waals surface area contributed by atoms with E-state index in [1.807, 2.05) is 75.4 Å². The molecule has 0 aliphatic carbocycles. The van der Waals surface area contributed by atoms with Crippen LogP contribution in [0.4, 0.5) is 11.4 Å². The highest BCUT2D eigenvalue weighted by molar-refractivity contribution is 5.83. The summed E-state index contributed by atoms with van der Waals surface area (Å²) in [7, 11) is 0. The van der Waals surface area contributed by atoms with E-state index < -0.39 is 0 Å². The molecule has 1 heterocycles. The second kappa shape index (κ2) is 9.59. The smallest absolute Gasteiger partial charge is 0.118 e. The maximum absolute atomic E-state index is 4.40. The van der Waals surface area contributed by atoms with Crippen LogP contribution in [0.15, 0.2) is 65.8 Å². The Morgan fingerprint density at radius 2 is 1.19 bits per heavy atom. The Balaban J connectivity index is 0.000000510. The van der Waals surface area contributed by atoms with E-state index in [0.717, 1.165) is 18.0 Å². The fraction of sp³-hybridized carbons (Fsp3) is 0.278. The largest absolute Gasteiger partial charge is 0.311 e. The molecule has 0 saturated heterocycles. The third kappa shape index (κ3) is 4.63. The molecule has 0 spiro atoms. The molecule has 0 atom stereocenters. The second-order valence-corrected chi connectivity index (χ2v) is 3.91. The van der Waals surface area contributed by atoms with Gasteiger partial charge in [0.15, 0.2) is 0 Å². The Bertz CT molecular complexity index is 461. The van der Waals surface area contributed by atoms with Crippen molar-refractivity contribution in [3.05, 3.63) is 60.7 Å². The van der Waals surface area contributed by atoms with Crippen molar-refractivity contribution >= 4 is 17.7 Å². The van der Waals surface area contributed by atoms with E-state index in [-0.39, 0.29) is 0 Å². The molecule has 112 valence electrons. The van der Waals surface area contributed by atoms with Crippen LogP contribution in [0.25, 0.3) is 0 Å². The normalized spacial score (nSPS) is 12.2. The van der Waals surface area contributed by atoms with Gasteiger partial charge >= 0.3 is 0 Å². The van der Waals surface area contributed by atoms with Crippen LogP contribution in [0.3, 0.4) is 0 Å². The quantitative estimate of drug-likeness (QED) is 0.775. The highest BCUT2D eigenvalue weighted by Gasteiger charge is 2.15. The van der Waals surface area contributed by atoms with Gasteiger partial charge in [-0.1, -0.05) is 64.1 Å². The molecule has 1 aliphatic heterocycles. The van der Waals surface area contributed by atoms with E-state index in [4.69, 9.17) is 0 Å². The van der Waals surface area contributed by atoms with Gasteiger partial charge in [0.05, 0.1) is 5.69 Å². The van der Waals surface area contributed by atoms with Gasteiger partial charge in [-0.2, -0.15) is 5.10 Å². The summed E-state index contributed by atoms with van der Waals surface area (Å²) in [6.07, 6.45) is 1.86. The summed E-state index contributed by atoms with van der Waals surface area (Å²) < 4.78 is 0. The molecule has 0 radical (unpaired) electrons. The summed E-state index contributed by atoms with van der Waals surface area (Å²) in [5, 5.41) is 6.38. The molecule has 0 fully saturated rings. The molecule has 2 aromatic rings. The molecule has 2 aromatic carbocycles. The number of nitrogens with zero attached hydrogens (tertiary/aromatic N) is 3. The van der Waals surface area contributed by atoms with E-state index in [0.29, 0.717) is 0 Å². The van der Waals surface area contributed by atoms with Crippen LogP contribution in [0.1, 0.15) is 27.7 Å². The summed E-state index contributed by atoms with van der Waals surface area (Å²) in [6, 6.07) is 20.4. The topological polar surface area (TPSA) is 18.8 Å². The summed E-state index contributed by atoms with van der Waals surface area (Å²) in [5.41, 5.74) is 2.27. The molecule has 3 heteroatoms. The Hall–Kier alpha value is -2.29. The third-order valence-corrected chi connectivity index (χ3v) is 2.76. The SMILES string of the molecule is C1=NN(c2ccccc2)CN1c1ccccc1.CC.CC. The van der Waals surface area contributed by atoms with Gasteiger partial charge in [-0.15, -0.1) is 0 Å². The van der Waals surface area contributed by atoms with Crippen molar-refractivity contribution in [2.75, 3.05) is 16.6 Å². The Morgan fingerprint density at radius 3 is 1.71 bits per heavy atom. The number of para-hydroxylation sites is 2. The molecule has 0 saturated carbocycles. The molecule has 0 amide bonds. The van der Waals surface area contributed by atoms with E-state index >= 15 is 0 Å². The maximum Gasteiger partial charge on any atom is 0.118 e. The lowest BCUT2D eigenvalue weighted by Crippen LogP contribution is -2.25. The van der Waals surface area contributed by atoms with Gasteiger partial charge in [-0.25, -0.2) is 5.01 Å². The van der Waals surface area contributed by atoms with E-state index in [1.54, 1.807) is 0 Å². The summed E-state index contributed by atoms with van der Waals surface area (Å²) in [5.74, 6) is 0. The zero-order valence-corrected chi connectivity index (χ0v) is 13.4. The number of rotatable bonds is 2. The average Bonchev–Trinajstić information content (AvgIpc) is 3.10. The lowest BCUT2D eigenvalue weighted by Gasteiger charge is -2.18. The third-order valence-electron chi connectivity index (χ3n) is 2.76. The summed E-state index contributed by atoms with van der Waals surface area (Å²) in [4.78, 5) is 2.12. The van der Waals surface area contributed by atoms with Gasteiger partial charge in [-0.05, 0) is 24.3 Å². The van der Waals surface area contributed by atoms with Crippen molar-refractivity contribution in [2.24, 2.45) is 5.10 Å². The van der Waals surface area contributed by atoms with Gasteiger partial charge in [-0.3, -0.25) is 0 Å². The number of hydrazone groups is 1. The first kappa shape index (κ1) is 16.8. The predicted molar refractivity (Wildman–Crippen MR) is 93.9 cm³/mol. The molecule has 1 aliphatic rings. The van der Waals surface area contributed by atoms with Gasteiger partial charge in [0.25, 0.3) is 0 Å². The van der Waals surface area contributed by atoms with E-state index in [1.165, 1.54) is 0 Å². The van der Waals surface area contributed by atoms with Crippen LogP contribution >= 0.6 is 0 Å². The van der Waals surface area contributed by atoms with Gasteiger partial charge in [0.1, 0.15) is 13.0 Å². The minimum absolute atomic E-state index is 0.758. The van der Waals surface area contributed by atoms with Gasteiger partial charge < -0.3 is 4.90 Å². The minimum Gasteiger partial charge on any atom is -0.311 e. The number of hydrogen-bond acceptors (Lipinski definition) is 3. The van der Waals surface area contributed by atoms with E-state index in [2.05, 4.69) is 34.3 Å². The number of hydrogen-bond donors (Lipinski definition) is 0. The average molecular weight is 283 g/mol. The molecule has 0 N–H and O–H groups in total. The number of anilines is 2. The van der Waals surface area contributed by atoms with Crippen LogP contribution in [0.2, 0.25) is 0 Å². The highest BCUT2D eigenvalue weighted by atomic mass is 15.6. The zero-order valence-electron chi connectivity index (χ0n) is 13.4. The number of benzene rings is 2. The lowest BCUT2D eigenvalue weighted by molar-refractivity contribution is 0.912. The Kier molecular flexibility index (Phi) is 7.65. The van der Waals surface area contributed by atoms with Crippen LogP contribution in [-0.2, 0) is 0 Å². The monoisotopic (exact) mass is 283 g/mol. The summed E-state index contributed by atoms with van der Waals surface area (Å²) in [6.45, 7) is 8.76. The molecule has 0 bridgehead atoms. The van der Waals surface area contributed by atoms with Crippen LogP contribution in [0.5, 0.6) is 0 Å². The van der Waals surface area contributed by atoms with E-state index in [9.17, 15) is 0 Å². The fourth-order valence-corrected chi connectivity index (χ4v) is 1.86. The van der Waals surface area contributed by atoms with Crippen molar-refractivity contribution in [3.63, 3.8) is 0 Å². The van der Waals surface area contributed by atoms with Crippen molar-refractivity contribution in [3.8, 4) is 0 Å². The molecule has 3 nitrogen and oxygen atoms in total. The minimum atomic E-state index is 0.758. The molecule has 0 unspecified atom stereocenters. The standard InChI is InChI=1S/C14H13N3.2C2H6/c1-3-7-13(8-4-1)16-11-15-17(12-16)14-9-5-2-6-10-14;2*1-2/h1-11H,12H2;2*1-2H3. The molecule has 3 rings (SSSR count). The lowest BCUT2D eigenvalue weighted by atomic mass is 10.3. The van der Waals surface area contributed by atoms with Crippen molar-refractivity contribution in [2.45, 2.75) is 27.7 Å². The van der Waals surface area contributed by atoms with Crippen molar-refractivity contribution < 1.29 is 0 Å². The van der Waals surface area contributed by atoms with Crippen molar-refractivity contribution in [1.82, 2.24) is 0 Å². The first-order valence-corrected chi connectivity index (χ1v) is 7.62. The Morgan fingerprint density at radius 1 is 0.714 bits per heavy atom. The van der Waals surface area contributed by atoms with Crippen molar-refractivity contribution in [1.29, 1.82) is 0 Å². The zero-order chi connectivity index (χ0) is 15.5. The maximum atomic E-state index is 4.40. The van der Waals surface area contributed by atoms with Gasteiger partial charge in [0.2, 0.25) is 0 Å². The second-order valence-electron chi connectivity index (χ2n) is 3.91. The molecular weight excluding hydrogens is 258 g/mol. The highest BCUT2D eigenvalue weighted by Crippen LogP contribution is 2.21. The molecule has 0 aromatic heterocycles. The first-order valence-electron chi connectivity index (χ1n) is 7.62. The van der Waals surface area contributed by atoms with Crippen LogP contribution in [0, 0.1) is 0 Å². The molecular formula is C18H25N3. The molecule has 21 heavy (non-hydrogen) atoms. The van der Waals surface area contributed by atoms with Crippen LogP contribution in [-0.4, -0.2) is 13.0 Å². The first-order chi connectivity index (χ1) is 10.4. The van der Waals surface area contributed by atoms with Gasteiger partial charge in [0, 0.05) is 5.69 Å². The fourth-order valence-electron chi connectivity index (χ4n) is 1.86. The van der Waals surface area contributed by atoms with Crippen LogP contribution < -0.4 is 9.91 Å². The predicted octanol–water partition coefficient (Wildman–Crippen LogP) is 4.97. The Labute approximate surface area is 128 Å².